The van der Waals surface area contributed by atoms with Crippen LogP contribution in [0.15, 0.2) is 28.7 Å². The average Bonchev–Trinajstić information content (AvgIpc) is 3.13. The van der Waals surface area contributed by atoms with Crippen molar-refractivity contribution in [2.45, 2.75) is 37.5 Å². The lowest BCUT2D eigenvalue weighted by atomic mass is 9.83. The Hall–Kier alpha value is -1.07. The molecule has 4 nitrogen and oxygen atoms in total. The molecule has 5 heteroatoms. The van der Waals surface area contributed by atoms with Crippen molar-refractivity contribution >= 4 is 22.6 Å². The van der Waals surface area contributed by atoms with E-state index >= 15 is 0 Å². The maximum Gasteiger partial charge on any atom is 0.134 e. The summed E-state index contributed by atoms with van der Waals surface area (Å²) in [5.74, 6) is 7.03. The molecule has 3 heterocycles. The smallest absolute Gasteiger partial charge is 0.134 e. The van der Waals surface area contributed by atoms with Crippen molar-refractivity contribution in [3.05, 3.63) is 35.0 Å². The lowest BCUT2D eigenvalue weighted by Crippen LogP contribution is -2.37. The summed E-state index contributed by atoms with van der Waals surface area (Å²) in [7, 11) is 0. The fraction of sp³-hybridized carbons (Fsp3) is 0.467. The summed E-state index contributed by atoms with van der Waals surface area (Å²) in [6.07, 6.45) is 4.06. The number of nitrogens with two attached hydrogens (primary N) is 1. The quantitative estimate of drug-likeness (QED) is 0.674. The molecule has 0 aliphatic carbocycles. The first-order valence-electron chi connectivity index (χ1n) is 7.05. The van der Waals surface area contributed by atoms with E-state index in [1.165, 1.54) is 6.42 Å². The van der Waals surface area contributed by atoms with E-state index < -0.39 is 0 Å². The number of halogens is 1. The van der Waals surface area contributed by atoms with Gasteiger partial charge >= 0.3 is 0 Å². The molecule has 1 aromatic heterocycles. The van der Waals surface area contributed by atoms with E-state index in [0.717, 1.165) is 29.6 Å². The molecule has 4 unspecified atom stereocenters. The molecule has 2 aliphatic rings. The van der Waals surface area contributed by atoms with Crippen LogP contribution in [0.4, 0.5) is 0 Å². The van der Waals surface area contributed by atoms with Gasteiger partial charge in [0.1, 0.15) is 11.3 Å². The topological polar surface area (TPSA) is 60.4 Å². The summed E-state index contributed by atoms with van der Waals surface area (Å²) in [5.41, 5.74) is 3.76. The highest BCUT2D eigenvalue weighted by Crippen LogP contribution is 2.45. The van der Waals surface area contributed by atoms with Gasteiger partial charge in [-0.1, -0.05) is 11.6 Å². The van der Waals surface area contributed by atoms with Crippen LogP contribution < -0.4 is 11.3 Å². The van der Waals surface area contributed by atoms with Gasteiger partial charge in [0.2, 0.25) is 0 Å². The molecular formula is C15H17ClN2O2. The van der Waals surface area contributed by atoms with Crippen molar-refractivity contribution in [3.8, 4) is 0 Å². The zero-order chi connectivity index (χ0) is 13.7. The van der Waals surface area contributed by atoms with Gasteiger partial charge in [-0.3, -0.25) is 5.84 Å². The minimum absolute atomic E-state index is 0.00326. The van der Waals surface area contributed by atoms with Crippen LogP contribution in [0.3, 0.4) is 0 Å². The molecule has 2 aliphatic heterocycles. The van der Waals surface area contributed by atoms with Gasteiger partial charge in [0, 0.05) is 16.3 Å². The Bertz CT molecular complexity index is 642. The molecule has 3 N–H and O–H groups in total. The number of hydrogen-bond acceptors (Lipinski definition) is 4. The van der Waals surface area contributed by atoms with Crippen molar-refractivity contribution in [2.24, 2.45) is 11.8 Å². The van der Waals surface area contributed by atoms with Crippen molar-refractivity contribution in [1.82, 2.24) is 5.43 Å². The van der Waals surface area contributed by atoms with Crippen molar-refractivity contribution in [2.75, 3.05) is 0 Å². The third-order valence-corrected chi connectivity index (χ3v) is 4.80. The molecule has 4 rings (SSSR count). The third kappa shape index (κ3) is 1.95. The van der Waals surface area contributed by atoms with E-state index in [2.05, 4.69) is 5.43 Å². The average molecular weight is 293 g/mol. The molecule has 0 radical (unpaired) electrons. The van der Waals surface area contributed by atoms with Gasteiger partial charge in [0.15, 0.2) is 0 Å². The number of hydrazine groups is 1. The molecule has 4 atom stereocenters. The van der Waals surface area contributed by atoms with E-state index in [0.29, 0.717) is 23.1 Å². The molecule has 0 spiro atoms. The first-order chi connectivity index (χ1) is 9.74. The van der Waals surface area contributed by atoms with Crippen molar-refractivity contribution in [1.29, 1.82) is 0 Å². The predicted octanol–water partition coefficient (Wildman–Crippen LogP) is 3.16. The fourth-order valence-electron chi connectivity index (χ4n) is 3.63. The van der Waals surface area contributed by atoms with E-state index in [1.807, 2.05) is 24.3 Å². The van der Waals surface area contributed by atoms with Crippen LogP contribution >= 0.6 is 11.6 Å². The van der Waals surface area contributed by atoms with Gasteiger partial charge in [-0.15, -0.1) is 0 Å². The van der Waals surface area contributed by atoms with E-state index in [-0.39, 0.29) is 6.04 Å². The lowest BCUT2D eigenvalue weighted by molar-refractivity contribution is 0.0838. The molecule has 20 heavy (non-hydrogen) atoms. The molecule has 2 aromatic rings. The van der Waals surface area contributed by atoms with Gasteiger partial charge in [0.25, 0.3) is 0 Å². The molecule has 2 bridgehead atoms. The Kier molecular flexibility index (Phi) is 3.00. The number of rotatable bonds is 3. The maximum atomic E-state index is 6.02. The fourth-order valence-corrected chi connectivity index (χ4v) is 3.81. The molecule has 2 saturated heterocycles. The zero-order valence-corrected chi connectivity index (χ0v) is 11.8. The highest BCUT2D eigenvalue weighted by Gasteiger charge is 2.45. The highest BCUT2D eigenvalue weighted by molar-refractivity contribution is 6.31. The standard InChI is InChI=1S/C15H17ClN2O2/c16-9-1-3-12-8(5-9)6-14(20-12)15(18-17)11-7-10-2-4-13(11)19-10/h1,3,5-6,10-11,13,15,18H,2,4,7,17H2. The van der Waals surface area contributed by atoms with E-state index in [4.69, 9.17) is 26.6 Å². The molecule has 1 aromatic carbocycles. The van der Waals surface area contributed by atoms with Crippen molar-refractivity contribution in [3.63, 3.8) is 0 Å². The van der Waals surface area contributed by atoms with Crippen LogP contribution in [0.25, 0.3) is 11.0 Å². The second-order valence-electron chi connectivity index (χ2n) is 5.75. The van der Waals surface area contributed by atoms with Crippen LogP contribution in [0.1, 0.15) is 31.1 Å². The summed E-state index contributed by atoms with van der Waals surface area (Å²) in [6.45, 7) is 0. The third-order valence-electron chi connectivity index (χ3n) is 4.56. The largest absolute Gasteiger partial charge is 0.459 e. The van der Waals surface area contributed by atoms with Crippen LogP contribution in [0.5, 0.6) is 0 Å². The van der Waals surface area contributed by atoms with Crippen molar-refractivity contribution < 1.29 is 9.15 Å². The molecule has 0 saturated carbocycles. The number of furan rings is 1. The Morgan fingerprint density at radius 1 is 1.30 bits per heavy atom. The molecule has 0 amide bonds. The maximum absolute atomic E-state index is 6.02. The Labute approximate surface area is 122 Å². The minimum atomic E-state index is -0.00326. The van der Waals surface area contributed by atoms with Gasteiger partial charge in [-0.25, -0.2) is 5.43 Å². The Balaban J connectivity index is 1.69. The number of benzene rings is 1. The molecule has 106 valence electrons. The Morgan fingerprint density at radius 3 is 2.90 bits per heavy atom. The normalized spacial score (nSPS) is 30.2. The second-order valence-corrected chi connectivity index (χ2v) is 6.19. The highest BCUT2D eigenvalue weighted by atomic mass is 35.5. The first kappa shape index (κ1) is 12.7. The van der Waals surface area contributed by atoms with Crippen LogP contribution in [-0.4, -0.2) is 12.2 Å². The number of nitrogens with one attached hydrogen (secondary N) is 1. The summed E-state index contributed by atoms with van der Waals surface area (Å²) in [4.78, 5) is 0. The van der Waals surface area contributed by atoms with E-state index in [1.54, 1.807) is 0 Å². The lowest BCUT2D eigenvalue weighted by Gasteiger charge is -2.26. The SMILES string of the molecule is NNC(c1cc2cc(Cl)ccc2o1)C1CC2CCC1O2. The summed E-state index contributed by atoms with van der Waals surface area (Å²) in [6, 6.07) is 7.66. The summed E-state index contributed by atoms with van der Waals surface area (Å²) in [5, 5.41) is 1.72. The zero-order valence-electron chi connectivity index (χ0n) is 11.0. The number of fused-ring (bicyclic) bond motifs is 3. The summed E-state index contributed by atoms with van der Waals surface area (Å²) < 4.78 is 11.9. The number of ether oxygens (including phenoxy) is 1. The van der Waals surface area contributed by atoms with Gasteiger partial charge in [-0.05, 0) is 43.5 Å². The predicted molar refractivity (Wildman–Crippen MR) is 77.3 cm³/mol. The number of hydrogen-bond donors (Lipinski definition) is 2. The minimum Gasteiger partial charge on any atom is -0.459 e. The van der Waals surface area contributed by atoms with Gasteiger partial charge < -0.3 is 9.15 Å². The van der Waals surface area contributed by atoms with Crippen LogP contribution in [0.2, 0.25) is 5.02 Å². The van der Waals surface area contributed by atoms with Crippen LogP contribution in [-0.2, 0) is 4.74 Å². The van der Waals surface area contributed by atoms with Gasteiger partial charge in [-0.2, -0.15) is 0 Å². The van der Waals surface area contributed by atoms with Crippen LogP contribution in [0, 0.1) is 5.92 Å². The molecular weight excluding hydrogens is 276 g/mol. The Morgan fingerprint density at radius 2 is 2.20 bits per heavy atom. The second kappa shape index (κ2) is 4.74. The first-order valence-corrected chi connectivity index (χ1v) is 7.43. The van der Waals surface area contributed by atoms with E-state index in [9.17, 15) is 0 Å². The summed E-state index contributed by atoms with van der Waals surface area (Å²) >= 11 is 6.02. The monoisotopic (exact) mass is 292 g/mol. The molecule has 2 fully saturated rings. The van der Waals surface area contributed by atoms with Gasteiger partial charge in [0.05, 0.1) is 18.2 Å².